The molecule has 0 fully saturated rings. The number of carbonyl (C=O) groups is 1. The quantitative estimate of drug-likeness (QED) is 0.712. The summed E-state index contributed by atoms with van der Waals surface area (Å²) >= 11 is 0. The summed E-state index contributed by atoms with van der Waals surface area (Å²) in [5.74, 6) is 1.10. The molecule has 0 aliphatic heterocycles. The van der Waals surface area contributed by atoms with Crippen molar-refractivity contribution in [1.82, 2.24) is 5.32 Å². The van der Waals surface area contributed by atoms with Gasteiger partial charge in [-0.2, -0.15) is 0 Å². The number of hydrogen-bond donors (Lipinski definition) is 1. The second-order valence-electron chi connectivity index (χ2n) is 6.84. The van der Waals surface area contributed by atoms with Crippen molar-refractivity contribution in [3.05, 3.63) is 65.2 Å². The molecule has 0 bridgehead atoms. The van der Waals surface area contributed by atoms with Crippen LogP contribution in [-0.4, -0.2) is 18.6 Å². The Labute approximate surface area is 151 Å². The van der Waals surface area contributed by atoms with Crippen LogP contribution in [0.15, 0.2) is 48.5 Å². The standard InChI is InChI=1S/C22H29NO2/c1-16(2)20-13-12-17(3)15-21(20)25-18(4)22(24)23-14-8-11-19-9-6-5-7-10-19/h5-7,9-10,12-13,15-16,18H,8,11,14H2,1-4H3,(H,23,24)/t18-/m0/s1. The molecule has 25 heavy (non-hydrogen) atoms. The van der Waals surface area contributed by atoms with Crippen LogP contribution in [0.25, 0.3) is 0 Å². The average Bonchev–Trinajstić information content (AvgIpc) is 2.59. The highest BCUT2D eigenvalue weighted by molar-refractivity contribution is 5.80. The SMILES string of the molecule is Cc1ccc(C(C)C)c(O[C@@H](C)C(=O)NCCCc2ccccc2)c1. The Kier molecular flexibility index (Phi) is 7.05. The summed E-state index contributed by atoms with van der Waals surface area (Å²) in [6, 6.07) is 16.5. The molecule has 0 saturated heterocycles. The molecule has 2 aromatic carbocycles. The maximum absolute atomic E-state index is 12.3. The molecule has 3 heteroatoms. The van der Waals surface area contributed by atoms with E-state index in [1.807, 2.05) is 31.2 Å². The second kappa shape index (κ2) is 9.26. The summed E-state index contributed by atoms with van der Waals surface area (Å²) in [6.45, 7) is 8.76. The number of carbonyl (C=O) groups excluding carboxylic acids is 1. The summed E-state index contributed by atoms with van der Waals surface area (Å²) in [5, 5.41) is 2.97. The van der Waals surface area contributed by atoms with E-state index < -0.39 is 6.10 Å². The van der Waals surface area contributed by atoms with E-state index in [1.165, 1.54) is 5.56 Å². The van der Waals surface area contributed by atoms with E-state index in [0.717, 1.165) is 29.7 Å². The number of benzene rings is 2. The molecule has 134 valence electrons. The topological polar surface area (TPSA) is 38.3 Å². The lowest BCUT2D eigenvalue weighted by molar-refractivity contribution is -0.127. The van der Waals surface area contributed by atoms with Crippen LogP contribution in [0.1, 0.15) is 49.8 Å². The summed E-state index contributed by atoms with van der Waals surface area (Å²) in [6.07, 6.45) is 1.38. The van der Waals surface area contributed by atoms with Gasteiger partial charge < -0.3 is 10.1 Å². The maximum Gasteiger partial charge on any atom is 0.260 e. The molecule has 2 rings (SSSR count). The van der Waals surface area contributed by atoms with Gasteiger partial charge >= 0.3 is 0 Å². The van der Waals surface area contributed by atoms with Crippen molar-refractivity contribution in [2.24, 2.45) is 0 Å². The Balaban J connectivity index is 1.83. The van der Waals surface area contributed by atoms with Gasteiger partial charge in [-0.1, -0.05) is 56.3 Å². The molecule has 0 aromatic heterocycles. The first-order chi connectivity index (χ1) is 12.0. The second-order valence-corrected chi connectivity index (χ2v) is 6.84. The van der Waals surface area contributed by atoms with Crippen LogP contribution >= 0.6 is 0 Å². The zero-order valence-corrected chi connectivity index (χ0v) is 15.7. The van der Waals surface area contributed by atoms with Crippen LogP contribution in [0, 0.1) is 6.92 Å². The number of ether oxygens (including phenoxy) is 1. The fourth-order valence-electron chi connectivity index (χ4n) is 2.76. The molecule has 0 unspecified atom stereocenters. The third kappa shape index (κ3) is 5.93. The van der Waals surface area contributed by atoms with Gasteiger partial charge in [0.05, 0.1) is 0 Å². The van der Waals surface area contributed by atoms with Crippen LogP contribution in [0.3, 0.4) is 0 Å². The number of aryl methyl sites for hydroxylation is 2. The molecule has 0 radical (unpaired) electrons. The molecule has 0 heterocycles. The molecular weight excluding hydrogens is 310 g/mol. The van der Waals surface area contributed by atoms with Crippen molar-refractivity contribution >= 4 is 5.91 Å². The first kappa shape index (κ1) is 19.0. The van der Waals surface area contributed by atoms with Crippen molar-refractivity contribution in [2.45, 2.75) is 52.6 Å². The summed E-state index contributed by atoms with van der Waals surface area (Å²) in [4.78, 5) is 12.3. The van der Waals surface area contributed by atoms with Crippen molar-refractivity contribution in [3.8, 4) is 5.75 Å². The van der Waals surface area contributed by atoms with Crippen molar-refractivity contribution in [3.63, 3.8) is 0 Å². The lowest BCUT2D eigenvalue weighted by atomic mass is 10.0. The summed E-state index contributed by atoms with van der Waals surface area (Å²) in [5.41, 5.74) is 3.56. The molecule has 0 saturated carbocycles. The molecule has 0 aliphatic rings. The molecule has 2 aromatic rings. The first-order valence-electron chi connectivity index (χ1n) is 9.06. The molecular formula is C22H29NO2. The Hall–Kier alpha value is -2.29. The highest BCUT2D eigenvalue weighted by Crippen LogP contribution is 2.28. The molecule has 0 spiro atoms. The highest BCUT2D eigenvalue weighted by atomic mass is 16.5. The summed E-state index contributed by atoms with van der Waals surface area (Å²) < 4.78 is 5.95. The lowest BCUT2D eigenvalue weighted by Crippen LogP contribution is -2.37. The maximum atomic E-state index is 12.3. The molecule has 1 atom stereocenters. The minimum atomic E-state index is -0.504. The fourth-order valence-corrected chi connectivity index (χ4v) is 2.76. The van der Waals surface area contributed by atoms with Crippen LogP contribution in [-0.2, 0) is 11.2 Å². The number of amides is 1. The van der Waals surface area contributed by atoms with Crippen LogP contribution in [0.4, 0.5) is 0 Å². The number of rotatable bonds is 8. The zero-order valence-electron chi connectivity index (χ0n) is 15.7. The first-order valence-corrected chi connectivity index (χ1v) is 9.06. The smallest absolute Gasteiger partial charge is 0.260 e. The van der Waals surface area contributed by atoms with Gasteiger partial charge in [0.25, 0.3) is 5.91 Å². The Morgan fingerprint density at radius 1 is 1.08 bits per heavy atom. The van der Waals surface area contributed by atoms with Gasteiger partial charge in [0.2, 0.25) is 0 Å². The number of hydrogen-bond acceptors (Lipinski definition) is 2. The van der Waals surface area contributed by atoms with E-state index in [1.54, 1.807) is 6.92 Å². The third-order valence-electron chi connectivity index (χ3n) is 4.25. The Morgan fingerprint density at radius 3 is 2.48 bits per heavy atom. The number of nitrogens with one attached hydrogen (secondary N) is 1. The van der Waals surface area contributed by atoms with Gasteiger partial charge in [0, 0.05) is 6.54 Å². The fraction of sp³-hybridized carbons (Fsp3) is 0.409. The predicted octanol–water partition coefficient (Wildman–Crippen LogP) is 4.63. The predicted molar refractivity (Wildman–Crippen MR) is 103 cm³/mol. The third-order valence-corrected chi connectivity index (χ3v) is 4.25. The van der Waals surface area contributed by atoms with Crippen LogP contribution in [0.2, 0.25) is 0 Å². The molecule has 1 amide bonds. The van der Waals surface area contributed by atoms with E-state index in [-0.39, 0.29) is 5.91 Å². The minimum Gasteiger partial charge on any atom is -0.481 e. The van der Waals surface area contributed by atoms with E-state index in [2.05, 4.69) is 43.4 Å². The zero-order chi connectivity index (χ0) is 18.2. The van der Waals surface area contributed by atoms with Gasteiger partial charge in [-0.25, -0.2) is 0 Å². The molecule has 3 nitrogen and oxygen atoms in total. The summed E-state index contributed by atoms with van der Waals surface area (Å²) in [7, 11) is 0. The Morgan fingerprint density at radius 2 is 1.80 bits per heavy atom. The Bertz CT molecular complexity index is 680. The van der Waals surface area contributed by atoms with E-state index in [4.69, 9.17) is 4.74 Å². The largest absolute Gasteiger partial charge is 0.481 e. The van der Waals surface area contributed by atoms with Gasteiger partial charge in [0.15, 0.2) is 6.10 Å². The molecule has 0 aliphatic carbocycles. The van der Waals surface area contributed by atoms with Gasteiger partial charge in [0.1, 0.15) is 5.75 Å². The van der Waals surface area contributed by atoms with Gasteiger partial charge in [-0.3, -0.25) is 4.79 Å². The highest BCUT2D eigenvalue weighted by Gasteiger charge is 2.17. The van der Waals surface area contributed by atoms with E-state index >= 15 is 0 Å². The normalized spacial score (nSPS) is 12.0. The minimum absolute atomic E-state index is 0.0655. The van der Waals surface area contributed by atoms with Crippen LogP contribution < -0.4 is 10.1 Å². The van der Waals surface area contributed by atoms with E-state index in [9.17, 15) is 4.79 Å². The van der Waals surface area contributed by atoms with Gasteiger partial charge in [-0.05, 0) is 55.4 Å². The van der Waals surface area contributed by atoms with Gasteiger partial charge in [-0.15, -0.1) is 0 Å². The van der Waals surface area contributed by atoms with Crippen LogP contribution in [0.5, 0.6) is 5.75 Å². The molecule has 1 N–H and O–H groups in total. The lowest BCUT2D eigenvalue weighted by Gasteiger charge is -2.19. The van der Waals surface area contributed by atoms with Crippen molar-refractivity contribution in [1.29, 1.82) is 0 Å². The van der Waals surface area contributed by atoms with E-state index in [0.29, 0.717) is 12.5 Å². The van der Waals surface area contributed by atoms with Crippen molar-refractivity contribution < 1.29 is 9.53 Å². The average molecular weight is 339 g/mol. The van der Waals surface area contributed by atoms with Crippen molar-refractivity contribution in [2.75, 3.05) is 6.54 Å². The monoisotopic (exact) mass is 339 g/mol.